The smallest absolute Gasteiger partial charge is 0.261 e. The number of rotatable bonds is 4. The zero-order chi connectivity index (χ0) is 20.1. The van der Waals surface area contributed by atoms with Gasteiger partial charge in [-0.25, -0.2) is 8.42 Å². The molecule has 1 aromatic heterocycles. The fourth-order valence-electron chi connectivity index (χ4n) is 3.48. The molecular formula is C18H17N3O5S2. The highest BCUT2D eigenvalue weighted by atomic mass is 32.2. The summed E-state index contributed by atoms with van der Waals surface area (Å²) in [6.07, 6.45) is 1.01. The van der Waals surface area contributed by atoms with E-state index in [-0.39, 0.29) is 27.8 Å². The number of fused-ring (bicyclic) bond motifs is 1. The van der Waals surface area contributed by atoms with E-state index < -0.39 is 27.9 Å². The Hall–Kier alpha value is -2.56. The number of carbonyl (C=O) groups is 3. The van der Waals surface area contributed by atoms with Crippen molar-refractivity contribution in [2.45, 2.75) is 23.1 Å². The summed E-state index contributed by atoms with van der Waals surface area (Å²) < 4.78 is 27.0. The van der Waals surface area contributed by atoms with E-state index in [1.807, 2.05) is 0 Å². The normalized spacial score (nSPS) is 19.9. The van der Waals surface area contributed by atoms with Crippen LogP contribution in [0.15, 0.2) is 39.9 Å². The molecule has 2 aromatic rings. The van der Waals surface area contributed by atoms with Gasteiger partial charge in [-0.1, -0.05) is 6.07 Å². The molecule has 0 aliphatic carbocycles. The zero-order valence-corrected chi connectivity index (χ0v) is 16.5. The minimum atomic E-state index is -3.73. The van der Waals surface area contributed by atoms with E-state index >= 15 is 0 Å². The monoisotopic (exact) mass is 419 g/mol. The minimum Gasteiger partial charge on any atom is -0.325 e. The summed E-state index contributed by atoms with van der Waals surface area (Å²) in [7, 11) is -2.33. The molecule has 1 fully saturated rings. The Morgan fingerprint density at radius 3 is 2.64 bits per heavy atom. The van der Waals surface area contributed by atoms with Crippen LogP contribution in [-0.4, -0.2) is 55.0 Å². The molecule has 3 amide bonds. The van der Waals surface area contributed by atoms with Crippen LogP contribution in [0.1, 0.15) is 33.6 Å². The van der Waals surface area contributed by atoms with E-state index in [9.17, 15) is 22.8 Å². The summed E-state index contributed by atoms with van der Waals surface area (Å²) >= 11 is 1.11. The van der Waals surface area contributed by atoms with Crippen molar-refractivity contribution in [3.05, 3.63) is 46.8 Å². The van der Waals surface area contributed by atoms with Crippen molar-refractivity contribution >= 4 is 44.8 Å². The molecule has 0 spiro atoms. The van der Waals surface area contributed by atoms with Crippen LogP contribution in [0.3, 0.4) is 0 Å². The average Bonchev–Trinajstić information content (AvgIpc) is 3.41. The van der Waals surface area contributed by atoms with Crippen molar-refractivity contribution < 1.29 is 22.8 Å². The molecule has 0 bridgehead atoms. The molecular weight excluding hydrogens is 402 g/mol. The standard InChI is InChI=1S/C18H17N3O5S2/c1-20-17(23)12-7-6-11(10-13(12)18(20)24)19-16(22)14-4-2-8-21(14)28(25,26)15-5-3-9-27-15/h3,5-7,9-10,14H,2,4,8H2,1H3,(H,19,22). The molecule has 1 aromatic carbocycles. The number of hydrogen-bond acceptors (Lipinski definition) is 6. The number of sulfonamides is 1. The lowest BCUT2D eigenvalue weighted by atomic mass is 10.1. The minimum absolute atomic E-state index is 0.205. The van der Waals surface area contributed by atoms with Gasteiger partial charge < -0.3 is 5.32 Å². The van der Waals surface area contributed by atoms with Gasteiger partial charge in [-0.15, -0.1) is 11.3 Å². The van der Waals surface area contributed by atoms with Crippen molar-refractivity contribution in [3.63, 3.8) is 0 Å². The Kier molecular flexibility index (Phi) is 4.56. The van der Waals surface area contributed by atoms with Crippen LogP contribution < -0.4 is 5.32 Å². The fourth-order valence-corrected chi connectivity index (χ4v) is 6.26. The van der Waals surface area contributed by atoms with Gasteiger partial charge in [0.05, 0.1) is 11.1 Å². The Morgan fingerprint density at radius 1 is 1.18 bits per heavy atom. The predicted octanol–water partition coefficient (Wildman–Crippen LogP) is 1.77. The highest BCUT2D eigenvalue weighted by molar-refractivity contribution is 7.91. The molecule has 8 nitrogen and oxygen atoms in total. The van der Waals surface area contributed by atoms with Crippen LogP contribution in [0, 0.1) is 0 Å². The molecule has 0 radical (unpaired) electrons. The molecule has 1 N–H and O–H groups in total. The molecule has 1 unspecified atom stereocenters. The van der Waals surface area contributed by atoms with Crippen molar-refractivity contribution in [1.29, 1.82) is 0 Å². The van der Waals surface area contributed by atoms with Gasteiger partial charge >= 0.3 is 0 Å². The fraction of sp³-hybridized carbons (Fsp3) is 0.278. The van der Waals surface area contributed by atoms with Gasteiger partial charge in [0.1, 0.15) is 10.3 Å². The summed E-state index contributed by atoms with van der Waals surface area (Å²) in [6.45, 7) is 0.278. The predicted molar refractivity (Wildman–Crippen MR) is 103 cm³/mol. The van der Waals surface area contributed by atoms with Crippen molar-refractivity contribution in [1.82, 2.24) is 9.21 Å². The third kappa shape index (κ3) is 2.93. The van der Waals surface area contributed by atoms with E-state index in [2.05, 4.69) is 5.32 Å². The number of carbonyl (C=O) groups excluding carboxylic acids is 3. The van der Waals surface area contributed by atoms with Gasteiger partial charge in [-0.3, -0.25) is 19.3 Å². The summed E-state index contributed by atoms with van der Waals surface area (Å²) in [4.78, 5) is 37.9. The van der Waals surface area contributed by atoms with Crippen LogP contribution in [-0.2, 0) is 14.8 Å². The van der Waals surface area contributed by atoms with Crippen LogP contribution in [0.5, 0.6) is 0 Å². The number of anilines is 1. The first kappa shape index (κ1) is 18.8. The van der Waals surface area contributed by atoms with Crippen molar-refractivity contribution in [3.8, 4) is 0 Å². The maximum absolute atomic E-state index is 12.8. The molecule has 2 aliphatic rings. The number of nitrogens with one attached hydrogen (secondary N) is 1. The van der Waals surface area contributed by atoms with Gasteiger partial charge in [0.2, 0.25) is 5.91 Å². The Balaban J connectivity index is 1.56. The second-order valence-corrected chi connectivity index (χ2v) is 9.69. The quantitative estimate of drug-likeness (QED) is 0.761. The number of hydrogen-bond donors (Lipinski definition) is 1. The SMILES string of the molecule is CN1C(=O)c2ccc(NC(=O)C3CCCN3S(=O)(=O)c3cccs3)cc2C1=O. The van der Waals surface area contributed by atoms with E-state index in [1.54, 1.807) is 11.4 Å². The Bertz CT molecular complexity index is 1080. The van der Waals surface area contributed by atoms with Crippen molar-refractivity contribution in [2.75, 3.05) is 18.9 Å². The highest BCUT2D eigenvalue weighted by Gasteiger charge is 2.40. The Labute approximate surface area is 165 Å². The largest absolute Gasteiger partial charge is 0.325 e. The van der Waals surface area contributed by atoms with Crippen LogP contribution in [0.2, 0.25) is 0 Å². The molecule has 0 saturated carbocycles. The molecule has 1 atom stereocenters. The number of nitrogens with zero attached hydrogens (tertiary/aromatic N) is 2. The molecule has 4 rings (SSSR count). The molecule has 28 heavy (non-hydrogen) atoms. The lowest BCUT2D eigenvalue weighted by Gasteiger charge is -2.22. The Morgan fingerprint density at radius 2 is 1.93 bits per heavy atom. The number of benzene rings is 1. The second kappa shape index (κ2) is 6.80. The summed E-state index contributed by atoms with van der Waals surface area (Å²) in [5.74, 6) is -1.27. The summed E-state index contributed by atoms with van der Waals surface area (Å²) in [5.41, 5.74) is 0.855. The molecule has 1 saturated heterocycles. The van der Waals surface area contributed by atoms with Crippen LogP contribution >= 0.6 is 11.3 Å². The van der Waals surface area contributed by atoms with E-state index in [0.29, 0.717) is 18.5 Å². The number of imide groups is 1. The van der Waals surface area contributed by atoms with Crippen LogP contribution in [0.25, 0.3) is 0 Å². The first-order valence-electron chi connectivity index (χ1n) is 8.63. The maximum Gasteiger partial charge on any atom is 0.261 e. The molecule has 10 heteroatoms. The number of thiophene rings is 1. The summed E-state index contributed by atoms with van der Waals surface area (Å²) in [5, 5.41) is 4.37. The van der Waals surface area contributed by atoms with Gasteiger partial charge in [0, 0.05) is 19.3 Å². The van der Waals surface area contributed by atoms with Gasteiger partial charge in [0.25, 0.3) is 21.8 Å². The molecule has 146 valence electrons. The third-order valence-corrected chi connectivity index (χ3v) is 8.20. The lowest BCUT2D eigenvalue weighted by Crippen LogP contribution is -2.42. The van der Waals surface area contributed by atoms with Crippen LogP contribution in [0.4, 0.5) is 5.69 Å². The van der Waals surface area contributed by atoms with Crippen molar-refractivity contribution in [2.24, 2.45) is 0 Å². The first-order valence-corrected chi connectivity index (χ1v) is 11.0. The van der Waals surface area contributed by atoms with E-state index in [0.717, 1.165) is 16.2 Å². The van der Waals surface area contributed by atoms with E-state index in [4.69, 9.17) is 0 Å². The van der Waals surface area contributed by atoms with Gasteiger partial charge in [-0.2, -0.15) is 4.31 Å². The molecule has 3 heterocycles. The highest BCUT2D eigenvalue weighted by Crippen LogP contribution is 2.30. The van der Waals surface area contributed by atoms with Gasteiger partial charge in [0.15, 0.2) is 0 Å². The summed E-state index contributed by atoms with van der Waals surface area (Å²) in [6, 6.07) is 6.83. The maximum atomic E-state index is 12.8. The third-order valence-electron chi connectivity index (χ3n) is 4.92. The lowest BCUT2D eigenvalue weighted by molar-refractivity contribution is -0.119. The molecule has 2 aliphatic heterocycles. The average molecular weight is 419 g/mol. The van der Waals surface area contributed by atoms with Gasteiger partial charge in [-0.05, 0) is 42.5 Å². The topological polar surface area (TPSA) is 104 Å². The zero-order valence-electron chi connectivity index (χ0n) is 14.9. The number of amides is 3. The van der Waals surface area contributed by atoms with E-state index in [1.165, 1.54) is 35.6 Å². The second-order valence-electron chi connectivity index (χ2n) is 6.62. The first-order chi connectivity index (χ1) is 13.3.